The summed E-state index contributed by atoms with van der Waals surface area (Å²) in [6.45, 7) is 2.49. The Morgan fingerprint density at radius 3 is 3.15 bits per heavy atom. The average molecular weight is 316 g/mol. The lowest BCUT2D eigenvalue weighted by Crippen LogP contribution is -2.48. The zero-order valence-electron chi connectivity index (χ0n) is 11.7. The molecule has 1 N–H and O–H groups in total. The van der Waals surface area contributed by atoms with Gasteiger partial charge in [0.25, 0.3) is 0 Å². The molecule has 1 amide bonds. The molecule has 1 aliphatic heterocycles. The van der Waals surface area contributed by atoms with E-state index < -0.39 is 0 Å². The van der Waals surface area contributed by atoms with Crippen molar-refractivity contribution in [2.24, 2.45) is 0 Å². The predicted octanol–water partition coefficient (Wildman–Crippen LogP) is 2.12. The van der Waals surface area contributed by atoms with Crippen molar-refractivity contribution >= 4 is 30.1 Å². The van der Waals surface area contributed by atoms with Gasteiger partial charge >= 0.3 is 0 Å². The van der Waals surface area contributed by atoms with E-state index in [2.05, 4.69) is 16.6 Å². The summed E-state index contributed by atoms with van der Waals surface area (Å²) in [6.07, 6.45) is 7.32. The van der Waals surface area contributed by atoms with E-state index in [1.54, 1.807) is 18.0 Å². The molecule has 0 aromatic carbocycles. The SMILES string of the molecule is CSCCCC(=O)N1CCNCC1c1cccnc1.Cl. The van der Waals surface area contributed by atoms with Gasteiger partial charge in [-0.05, 0) is 30.1 Å². The summed E-state index contributed by atoms with van der Waals surface area (Å²) >= 11 is 1.79. The third-order valence-corrected chi connectivity index (χ3v) is 4.07. The van der Waals surface area contributed by atoms with Crippen LogP contribution < -0.4 is 5.32 Å². The van der Waals surface area contributed by atoms with Crippen molar-refractivity contribution in [3.63, 3.8) is 0 Å². The third kappa shape index (κ3) is 4.65. The smallest absolute Gasteiger partial charge is 0.223 e. The lowest BCUT2D eigenvalue weighted by atomic mass is 10.0. The molecule has 1 atom stereocenters. The van der Waals surface area contributed by atoms with Gasteiger partial charge in [-0.1, -0.05) is 6.07 Å². The van der Waals surface area contributed by atoms with Crippen LogP contribution >= 0.6 is 24.2 Å². The summed E-state index contributed by atoms with van der Waals surface area (Å²) in [5.41, 5.74) is 1.12. The van der Waals surface area contributed by atoms with Crippen molar-refractivity contribution in [1.82, 2.24) is 15.2 Å². The maximum atomic E-state index is 12.3. The molecular formula is C14H22ClN3OS. The third-order valence-electron chi connectivity index (χ3n) is 3.37. The molecule has 0 aliphatic carbocycles. The molecule has 2 heterocycles. The van der Waals surface area contributed by atoms with Crippen LogP contribution in [0.25, 0.3) is 0 Å². The minimum Gasteiger partial charge on any atom is -0.333 e. The number of pyridine rings is 1. The molecule has 0 spiro atoms. The first kappa shape index (κ1) is 17.3. The first-order valence-electron chi connectivity index (χ1n) is 6.72. The zero-order valence-corrected chi connectivity index (χ0v) is 13.4. The molecule has 20 heavy (non-hydrogen) atoms. The van der Waals surface area contributed by atoms with Crippen LogP contribution in [0, 0.1) is 0 Å². The summed E-state index contributed by atoms with van der Waals surface area (Å²) in [5.74, 6) is 1.32. The van der Waals surface area contributed by atoms with Gasteiger partial charge in [0.15, 0.2) is 0 Å². The molecule has 1 saturated heterocycles. The monoisotopic (exact) mass is 315 g/mol. The van der Waals surface area contributed by atoms with Crippen molar-refractivity contribution < 1.29 is 4.79 Å². The highest BCUT2D eigenvalue weighted by atomic mass is 35.5. The number of nitrogens with one attached hydrogen (secondary N) is 1. The molecule has 2 rings (SSSR count). The Morgan fingerprint density at radius 1 is 1.60 bits per heavy atom. The van der Waals surface area contributed by atoms with E-state index in [1.807, 2.05) is 23.2 Å². The first-order chi connectivity index (χ1) is 9.33. The average Bonchev–Trinajstić information content (AvgIpc) is 2.48. The van der Waals surface area contributed by atoms with Crippen LogP contribution in [0.3, 0.4) is 0 Å². The van der Waals surface area contributed by atoms with E-state index in [-0.39, 0.29) is 24.4 Å². The molecule has 1 fully saturated rings. The fraction of sp³-hybridized carbons (Fsp3) is 0.571. The Morgan fingerprint density at radius 2 is 2.45 bits per heavy atom. The quantitative estimate of drug-likeness (QED) is 0.845. The van der Waals surface area contributed by atoms with Gasteiger partial charge in [0, 0.05) is 38.4 Å². The second-order valence-electron chi connectivity index (χ2n) is 4.69. The van der Waals surface area contributed by atoms with Gasteiger partial charge in [-0.3, -0.25) is 9.78 Å². The minimum absolute atomic E-state index is 0. The summed E-state index contributed by atoms with van der Waals surface area (Å²) < 4.78 is 0. The number of aromatic nitrogens is 1. The number of carbonyl (C=O) groups excluding carboxylic acids is 1. The highest BCUT2D eigenvalue weighted by Crippen LogP contribution is 2.22. The number of thioether (sulfide) groups is 1. The van der Waals surface area contributed by atoms with E-state index in [9.17, 15) is 4.79 Å². The lowest BCUT2D eigenvalue weighted by Gasteiger charge is -2.36. The highest BCUT2D eigenvalue weighted by molar-refractivity contribution is 7.98. The Balaban J connectivity index is 0.00000200. The fourth-order valence-electron chi connectivity index (χ4n) is 2.39. The van der Waals surface area contributed by atoms with Crippen molar-refractivity contribution in [3.8, 4) is 0 Å². The Hall–Kier alpha value is -0.780. The van der Waals surface area contributed by atoms with E-state index in [4.69, 9.17) is 0 Å². The molecule has 4 nitrogen and oxygen atoms in total. The van der Waals surface area contributed by atoms with Crippen molar-refractivity contribution in [3.05, 3.63) is 30.1 Å². The highest BCUT2D eigenvalue weighted by Gasteiger charge is 2.27. The van der Waals surface area contributed by atoms with Gasteiger partial charge in [0.05, 0.1) is 6.04 Å². The number of rotatable bonds is 5. The maximum Gasteiger partial charge on any atom is 0.223 e. The fourth-order valence-corrected chi connectivity index (χ4v) is 2.82. The summed E-state index contributed by atoms with van der Waals surface area (Å²) in [5, 5.41) is 3.36. The number of amides is 1. The van der Waals surface area contributed by atoms with E-state index >= 15 is 0 Å². The molecule has 0 radical (unpaired) electrons. The first-order valence-corrected chi connectivity index (χ1v) is 8.11. The summed E-state index contributed by atoms with van der Waals surface area (Å²) in [6, 6.07) is 4.11. The van der Waals surface area contributed by atoms with Gasteiger partial charge in [-0.2, -0.15) is 11.8 Å². The van der Waals surface area contributed by atoms with Gasteiger partial charge in [0.1, 0.15) is 0 Å². The number of hydrogen-bond acceptors (Lipinski definition) is 4. The lowest BCUT2D eigenvalue weighted by molar-refractivity contribution is -0.134. The molecule has 0 bridgehead atoms. The standard InChI is InChI=1S/C14H21N3OS.ClH/c1-19-9-3-5-14(18)17-8-7-16-11-13(17)12-4-2-6-15-10-12;/h2,4,6,10,13,16H,3,5,7-9,11H2,1H3;1H. The molecule has 1 unspecified atom stereocenters. The van der Waals surface area contributed by atoms with Crippen LogP contribution in [-0.4, -0.2) is 47.4 Å². The molecular weight excluding hydrogens is 294 g/mol. The Kier molecular flexibility index (Phi) is 7.95. The van der Waals surface area contributed by atoms with Gasteiger partial charge in [-0.15, -0.1) is 12.4 Å². The Bertz CT molecular complexity index is 405. The molecule has 6 heteroatoms. The van der Waals surface area contributed by atoms with Gasteiger partial charge < -0.3 is 10.2 Å². The van der Waals surface area contributed by atoms with Crippen LogP contribution in [0.2, 0.25) is 0 Å². The van der Waals surface area contributed by atoms with Crippen LogP contribution in [0.5, 0.6) is 0 Å². The van der Waals surface area contributed by atoms with Crippen molar-refractivity contribution in [2.45, 2.75) is 18.9 Å². The van der Waals surface area contributed by atoms with Gasteiger partial charge in [-0.25, -0.2) is 0 Å². The molecule has 0 saturated carbocycles. The maximum absolute atomic E-state index is 12.3. The predicted molar refractivity (Wildman–Crippen MR) is 86.4 cm³/mol. The second-order valence-corrected chi connectivity index (χ2v) is 5.68. The van der Waals surface area contributed by atoms with Crippen molar-refractivity contribution in [2.75, 3.05) is 31.6 Å². The van der Waals surface area contributed by atoms with E-state index in [1.165, 1.54) is 0 Å². The van der Waals surface area contributed by atoms with Crippen LogP contribution in [0.15, 0.2) is 24.5 Å². The normalized spacial score (nSPS) is 18.4. The zero-order chi connectivity index (χ0) is 13.5. The number of carbonyl (C=O) groups is 1. The second kappa shape index (κ2) is 9.21. The Labute approximate surface area is 131 Å². The topological polar surface area (TPSA) is 45.2 Å². The number of halogens is 1. The number of nitrogens with zero attached hydrogens (tertiary/aromatic N) is 2. The number of hydrogen-bond donors (Lipinski definition) is 1. The summed E-state index contributed by atoms with van der Waals surface area (Å²) in [4.78, 5) is 18.5. The van der Waals surface area contributed by atoms with Crippen LogP contribution in [-0.2, 0) is 4.79 Å². The van der Waals surface area contributed by atoms with Gasteiger partial charge in [0.2, 0.25) is 5.91 Å². The molecule has 112 valence electrons. The van der Waals surface area contributed by atoms with E-state index in [0.717, 1.165) is 37.4 Å². The van der Waals surface area contributed by atoms with E-state index in [0.29, 0.717) is 6.42 Å². The largest absolute Gasteiger partial charge is 0.333 e. The number of piperazine rings is 1. The van der Waals surface area contributed by atoms with Crippen molar-refractivity contribution in [1.29, 1.82) is 0 Å². The molecule has 1 aliphatic rings. The van der Waals surface area contributed by atoms with Crippen LogP contribution in [0.1, 0.15) is 24.4 Å². The molecule has 1 aromatic rings. The minimum atomic E-state index is 0. The molecule has 1 aromatic heterocycles. The van der Waals surface area contributed by atoms with Crippen LogP contribution in [0.4, 0.5) is 0 Å². The summed E-state index contributed by atoms with van der Waals surface area (Å²) in [7, 11) is 0.